The highest BCUT2D eigenvalue weighted by Gasteiger charge is 2.22. The van der Waals surface area contributed by atoms with Gasteiger partial charge in [0, 0.05) is 12.8 Å². The first-order valence-electron chi connectivity index (χ1n) is 44.4. The Labute approximate surface area is 628 Å². The highest BCUT2D eigenvalue weighted by molar-refractivity contribution is 5.70. The molecule has 0 saturated heterocycles. The fraction of sp³-hybridized carbons (Fsp3) is 0.859. The van der Waals surface area contributed by atoms with Gasteiger partial charge >= 0.3 is 11.9 Å². The molecular weight excluding hydrogens is 1250 g/mol. The minimum Gasteiger partial charge on any atom is -0.545 e. The molecule has 0 rings (SSSR count). The molecule has 0 aliphatic heterocycles. The van der Waals surface area contributed by atoms with Crippen molar-refractivity contribution in [2.24, 2.45) is 0 Å². The number of likely N-dealkylation sites (N-methyl/N-ethyl adjacent to an activating group) is 1. The van der Waals surface area contributed by atoms with E-state index in [4.69, 9.17) is 18.9 Å². The third kappa shape index (κ3) is 84.1. The summed E-state index contributed by atoms with van der Waals surface area (Å²) in [5.41, 5.74) is 0. The van der Waals surface area contributed by atoms with E-state index in [0.717, 1.165) is 70.6 Å². The second-order valence-electron chi connectivity index (χ2n) is 31.5. The lowest BCUT2D eigenvalue weighted by Gasteiger charge is -2.26. The number of carboxylic acid groups (broad SMARTS) is 1. The molecule has 0 saturated carbocycles. The van der Waals surface area contributed by atoms with E-state index in [9.17, 15) is 19.5 Å². The van der Waals surface area contributed by atoms with Crippen LogP contribution in [0, 0.1) is 0 Å². The maximum atomic E-state index is 13.0. The maximum Gasteiger partial charge on any atom is 0.306 e. The smallest absolute Gasteiger partial charge is 0.306 e. The van der Waals surface area contributed by atoms with Crippen LogP contribution in [0.2, 0.25) is 0 Å². The average Bonchev–Trinajstić information content (AvgIpc) is 1.25. The van der Waals surface area contributed by atoms with Crippen molar-refractivity contribution in [3.8, 4) is 0 Å². The molecule has 0 N–H and O–H groups in total. The Bertz CT molecular complexity index is 1850. The molecule has 101 heavy (non-hydrogen) atoms. The number of esters is 2. The van der Waals surface area contributed by atoms with E-state index in [1.807, 2.05) is 21.1 Å². The monoisotopic (exact) mass is 1420 g/mol. The van der Waals surface area contributed by atoms with Gasteiger partial charge in [0.05, 0.1) is 40.3 Å². The van der Waals surface area contributed by atoms with Gasteiger partial charge in [-0.2, -0.15) is 0 Å². The van der Waals surface area contributed by atoms with E-state index < -0.39 is 24.3 Å². The van der Waals surface area contributed by atoms with Crippen molar-refractivity contribution >= 4 is 17.9 Å². The molecule has 0 bridgehead atoms. The number of nitrogens with zero attached hydrogens (tertiary/aromatic N) is 1. The molecule has 9 heteroatoms. The maximum absolute atomic E-state index is 13.0. The predicted molar refractivity (Wildman–Crippen MR) is 435 cm³/mol. The minimum absolute atomic E-state index is 0.150. The zero-order chi connectivity index (χ0) is 73.2. The SMILES string of the molecule is CC/C=C\C/C=C\C/C=C\C/C=C\C/C=C\CCCCCCCCCCCCCCCCCCCCCCCC(=O)OC(COC(=O)CCCCCCCCCCCCCCCCCCCCCCCCCCCCCCCCCCCCCCCCC)COC(OCC[N+](C)(C)C)C(=O)[O-]. The Hall–Kier alpha value is -3.01. The summed E-state index contributed by atoms with van der Waals surface area (Å²) >= 11 is 0. The average molecular weight is 1420 g/mol. The summed E-state index contributed by atoms with van der Waals surface area (Å²) in [6.45, 7) is 4.72. The first kappa shape index (κ1) is 98.0. The third-order valence-corrected chi connectivity index (χ3v) is 20.3. The van der Waals surface area contributed by atoms with Gasteiger partial charge in [-0.15, -0.1) is 0 Å². The van der Waals surface area contributed by atoms with Crippen molar-refractivity contribution in [1.82, 2.24) is 0 Å². The van der Waals surface area contributed by atoms with Crippen molar-refractivity contribution in [3.05, 3.63) is 60.8 Å². The van der Waals surface area contributed by atoms with E-state index >= 15 is 0 Å². The summed E-state index contributed by atoms with van der Waals surface area (Å²) < 4.78 is 22.9. The van der Waals surface area contributed by atoms with E-state index in [-0.39, 0.29) is 32.2 Å². The van der Waals surface area contributed by atoms with Gasteiger partial charge in [-0.1, -0.05) is 441 Å². The van der Waals surface area contributed by atoms with Crippen LogP contribution in [-0.4, -0.2) is 82.3 Å². The lowest BCUT2D eigenvalue weighted by atomic mass is 10.0. The zero-order valence-corrected chi connectivity index (χ0v) is 68.1. The third-order valence-electron chi connectivity index (χ3n) is 20.3. The molecule has 0 spiro atoms. The summed E-state index contributed by atoms with van der Waals surface area (Å²) in [6.07, 6.45) is 108. The highest BCUT2D eigenvalue weighted by atomic mass is 16.7. The molecule has 0 radical (unpaired) electrons. The molecule has 2 unspecified atom stereocenters. The van der Waals surface area contributed by atoms with Gasteiger partial charge in [-0.05, 0) is 57.8 Å². The Morgan fingerprint density at radius 3 is 0.842 bits per heavy atom. The van der Waals surface area contributed by atoms with Gasteiger partial charge in [0.25, 0.3) is 0 Å². The molecule has 0 heterocycles. The van der Waals surface area contributed by atoms with Crippen molar-refractivity contribution in [2.45, 2.75) is 463 Å². The van der Waals surface area contributed by atoms with Crippen molar-refractivity contribution in [2.75, 3.05) is 47.5 Å². The molecule has 9 nitrogen and oxygen atoms in total. The number of carboxylic acids is 1. The Balaban J connectivity index is 3.90. The topological polar surface area (TPSA) is 111 Å². The standard InChI is InChI=1S/C92H171NO8/c1-6-8-10-12-14-16-18-20-22-24-26-28-30-32-34-36-38-40-42-44-45-47-48-50-52-54-56-58-60-62-64-66-68-70-72-74-76-78-80-82-89(94)99-86-88(87-100-92(91(96)97)98-85-84-93(3,4)5)101-90(95)83-81-79-77-75-73-71-69-67-65-63-61-59-57-55-53-51-49-46-43-41-39-37-35-33-31-29-27-25-23-21-19-17-15-13-11-9-7-2/h9,11,15,17,21,23,27,29,33,35,88,92H,6-8,10,12-14,16,18-20,22,24-26,28,30-32,34,36-87H2,1-5H3/b11-9-,17-15-,23-21-,29-27-,35-33-. The molecule has 0 aromatic carbocycles. The van der Waals surface area contributed by atoms with Crippen LogP contribution in [-0.2, 0) is 33.3 Å². The molecule has 0 aliphatic carbocycles. The Morgan fingerprint density at radius 1 is 0.307 bits per heavy atom. The van der Waals surface area contributed by atoms with Crippen LogP contribution >= 0.6 is 0 Å². The van der Waals surface area contributed by atoms with Crippen molar-refractivity contribution in [3.63, 3.8) is 0 Å². The number of hydrogen-bond acceptors (Lipinski definition) is 8. The number of unbranched alkanes of at least 4 members (excludes halogenated alkanes) is 59. The number of aliphatic carboxylic acids is 1. The van der Waals surface area contributed by atoms with Crippen LogP contribution in [0.3, 0.4) is 0 Å². The number of carbonyl (C=O) groups is 3. The Kier molecular flexibility index (Phi) is 80.2. The van der Waals surface area contributed by atoms with Gasteiger partial charge in [0.15, 0.2) is 12.4 Å². The van der Waals surface area contributed by atoms with E-state index in [0.29, 0.717) is 17.4 Å². The van der Waals surface area contributed by atoms with Crippen LogP contribution in [0.25, 0.3) is 0 Å². The van der Waals surface area contributed by atoms with Gasteiger partial charge in [-0.3, -0.25) is 9.59 Å². The molecule has 0 amide bonds. The number of carbonyl (C=O) groups excluding carboxylic acids is 3. The van der Waals surface area contributed by atoms with Crippen LogP contribution in [0.5, 0.6) is 0 Å². The van der Waals surface area contributed by atoms with E-state index in [1.54, 1.807) is 0 Å². The van der Waals surface area contributed by atoms with Crippen LogP contribution in [0.1, 0.15) is 450 Å². The highest BCUT2D eigenvalue weighted by Crippen LogP contribution is 2.21. The molecule has 0 fully saturated rings. The van der Waals surface area contributed by atoms with Gasteiger partial charge in [0.2, 0.25) is 0 Å². The van der Waals surface area contributed by atoms with E-state index in [1.165, 1.54) is 353 Å². The van der Waals surface area contributed by atoms with Gasteiger partial charge in [-0.25, -0.2) is 0 Å². The molecule has 0 aromatic rings. The quantitative estimate of drug-likeness (QED) is 0.0195. The number of ether oxygens (including phenoxy) is 4. The van der Waals surface area contributed by atoms with Crippen LogP contribution in [0.4, 0.5) is 0 Å². The van der Waals surface area contributed by atoms with Crippen molar-refractivity contribution < 1.29 is 42.9 Å². The number of allylic oxidation sites excluding steroid dienone is 10. The molecule has 0 aromatic heterocycles. The molecule has 592 valence electrons. The second kappa shape index (κ2) is 82.6. The minimum atomic E-state index is -1.62. The molecular formula is C92H171NO8. The van der Waals surface area contributed by atoms with Crippen molar-refractivity contribution in [1.29, 1.82) is 0 Å². The first-order valence-corrected chi connectivity index (χ1v) is 44.4. The largest absolute Gasteiger partial charge is 0.545 e. The number of rotatable bonds is 84. The van der Waals surface area contributed by atoms with Crippen LogP contribution < -0.4 is 5.11 Å². The Morgan fingerprint density at radius 2 is 0.564 bits per heavy atom. The first-order chi connectivity index (χ1) is 49.6. The van der Waals surface area contributed by atoms with Gasteiger partial charge < -0.3 is 33.3 Å². The predicted octanol–water partition coefficient (Wildman–Crippen LogP) is 27.6. The summed E-state index contributed by atoms with van der Waals surface area (Å²) in [5.74, 6) is -2.25. The molecule has 2 atom stereocenters. The summed E-state index contributed by atoms with van der Waals surface area (Å²) in [7, 11) is 5.96. The number of hydrogen-bond donors (Lipinski definition) is 0. The lowest BCUT2D eigenvalue weighted by molar-refractivity contribution is -0.870. The second-order valence-corrected chi connectivity index (χ2v) is 31.5. The van der Waals surface area contributed by atoms with Gasteiger partial charge in [0.1, 0.15) is 13.2 Å². The van der Waals surface area contributed by atoms with E-state index in [2.05, 4.69) is 74.6 Å². The fourth-order valence-corrected chi connectivity index (χ4v) is 13.6. The lowest BCUT2D eigenvalue weighted by Crippen LogP contribution is -2.44. The molecule has 0 aliphatic rings. The normalized spacial score (nSPS) is 12.8. The fourth-order valence-electron chi connectivity index (χ4n) is 13.6. The summed E-state index contributed by atoms with van der Waals surface area (Å²) in [5, 5.41) is 11.9. The summed E-state index contributed by atoms with van der Waals surface area (Å²) in [4.78, 5) is 37.7. The summed E-state index contributed by atoms with van der Waals surface area (Å²) in [6, 6.07) is 0. The zero-order valence-electron chi connectivity index (χ0n) is 68.1. The number of quaternary nitrogens is 1. The van der Waals surface area contributed by atoms with Crippen LogP contribution in [0.15, 0.2) is 60.8 Å².